The maximum absolute atomic E-state index is 12.4. The standard InChI is InChI=1S/C18H22BN2O8/c22-8-3-13(20-5-8)17(23)21-6-9(7-21)28-14-2-1-10-11-4-12(11)19(26,27)29-16(10)15(14)18(24)25/h1-2,8-9,11-13,20,22,26-27H,3-7H2,(H,24,25)/q-1/t8-,11-,12-,13-/m0/s1. The minimum atomic E-state index is -3.09. The molecule has 3 heterocycles. The number of likely N-dealkylation sites (tertiary alicyclic amines) is 1. The highest BCUT2D eigenvalue weighted by Crippen LogP contribution is 2.63. The van der Waals surface area contributed by atoms with Gasteiger partial charge in [-0.3, -0.25) is 4.79 Å². The van der Waals surface area contributed by atoms with E-state index in [0.29, 0.717) is 38.0 Å². The highest BCUT2D eigenvalue weighted by atomic mass is 16.6. The topological polar surface area (TPSA) is 149 Å². The Bertz CT molecular complexity index is 887. The summed E-state index contributed by atoms with van der Waals surface area (Å²) in [6.07, 6.45) is 0.0178. The summed E-state index contributed by atoms with van der Waals surface area (Å²) >= 11 is 0. The Morgan fingerprint density at radius 2 is 2.00 bits per heavy atom. The molecule has 2 saturated heterocycles. The van der Waals surface area contributed by atoms with E-state index in [4.69, 9.17) is 9.39 Å². The van der Waals surface area contributed by atoms with Gasteiger partial charge in [-0.2, -0.15) is 0 Å². The van der Waals surface area contributed by atoms with Crippen LogP contribution in [-0.4, -0.2) is 81.7 Å². The van der Waals surface area contributed by atoms with Gasteiger partial charge in [0.2, 0.25) is 5.91 Å². The number of β-amino-alcohol motifs (C(OH)–C–C–N with tert-alkyl or cyclic N) is 1. The first-order chi connectivity index (χ1) is 13.7. The van der Waals surface area contributed by atoms with Crippen LogP contribution in [0.4, 0.5) is 0 Å². The van der Waals surface area contributed by atoms with Crippen molar-refractivity contribution in [3.05, 3.63) is 23.3 Å². The SMILES string of the molecule is O=C(O)c1c(OC2CN(C(=O)[C@@H]3C[C@H](O)CN3)C2)ccc2c1O[B-](O)(O)[C@H]1C[C@@H]21. The fourth-order valence-electron chi connectivity index (χ4n) is 4.61. The van der Waals surface area contributed by atoms with Gasteiger partial charge in [-0.05, 0) is 24.0 Å². The van der Waals surface area contributed by atoms with Gasteiger partial charge in [0.1, 0.15) is 17.4 Å². The number of amides is 1. The Morgan fingerprint density at radius 1 is 1.24 bits per heavy atom. The predicted molar refractivity (Wildman–Crippen MR) is 98.7 cm³/mol. The van der Waals surface area contributed by atoms with Crippen molar-refractivity contribution in [2.24, 2.45) is 0 Å². The first kappa shape index (κ1) is 18.7. The molecule has 0 radical (unpaired) electrons. The summed E-state index contributed by atoms with van der Waals surface area (Å²) in [5.41, 5.74) is 0.421. The number of aliphatic hydroxyl groups excluding tert-OH is 1. The fourth-order valence-corrected chi connectivity index (χ4v) is 4.61. The number of aliphatic hydroxyl groups is 1. The maximum Gasteiger partial charge on any atom is 0.434 e. The lowest BCUT2D eigenvalue weighted by Crippen LogP contribution is -2.59. The number of ether oxygens (including phenoxy) is 1. The van der Waals surface area contributed by atoms with Crippen molar-refractivity contribution < 1.29 is 39.2 Å². The van der Waals surface area contributed by atoms with Crippen LogP contribution >= 0.6 is 0 Å². The number of nitrogens with zero attached hydrogens (tertiary/aromatic N) is 1. The summed E-state index contributed by atoms with van der Waals surface area (Å²) in [4.78, 5) is 25.9. The number of carboxylic acids is 1. The molecule has 1 amide bonds. The number of nitrogens with one attached hydrogen (secondary N) is 1. The molecule has 29 heavy (non-hydrogen) atoms. The molecular formula is C18H22BN2O8-. The van der Waals surface area contributed by atoms with Gasteiger partial charge in [-0.25, -0.2) is 4.79 Å². The molecule has 5 rings (SSSR count). The molecule has 4 aliphatic rings. The minimum absolute atomic E-state index is 0.0462. The zero-order valence-corrected chi connectivity index (χ0v) is 15.5. The van der Waals surface area contributed by atoms with Gasteiger partial charge < -0.3 is 39.9 Å². The van der Waals surface area contributed by atoms with E-state index in [1.807, 2.05) is 0 Å². The average molecular weight is 405 g/mol. The minimum Gasteiger partial charge on any atom is -0.669 e. The van der Waals surface area contributed by atoms with Crippen molar-refractivity contribution in [2.45, 2.75) is 42.8 Å². The van der Waals surface area contributed by atoms with Crippen LogP contribution in [0.1, 0.15) is 34.7 Å². The monoisotopic (exact) mass is 405 g/mol. The zero-order valence-electron chi connectivity index (χ0n) is 15.5. The van der Waals surface area contributed by atoms with Crippen LogP contribution in [0.25, 0.3) is 0 Å². The normalized spacial score (nSPS) is 31.9. The van der Waals surface area contributed by atoms with Gasteiger partial charge in [-0.15, -0.1) is 0 Å². The Balaban J connectivity index is 1.30. The molecule has 1 aromatic rings. The Hall–Kier alpha value is -2.34. The smallest absolute Gasteiger partial charge is 0.434 e. The largest absolute Gasteiger partial charge is 0.669 e. The molecule has 1 aromatic carbocycles. The Kier molecular flexibility index (Phi) is 4.08. The molecule has 4 atom stereocenters. The summed E-state index contributed by atoms with van der Waals surface area (Å²) in [5.74, 6) is -1.87. The third-order valence-electron chi connectivity index (χ3n) is 6.31. The third-order valence-corrected chi connectivity index (χ3v) is 6.31. The summed E-state index contributed by atoms with van der Waals surface area (Å²) in [7, 11) is 0. The van der Waals surface area contributed by atoms with Crippen molar-refractivity contribution >= 4 is 18.6 Å². The maximum atomic E-state index is 12.4. The van der Waals surface area contributed by atoms with E-state index in [1.54, 1.807) is 17.0 Å². The zero-order chi connectivity index (χ0) is 20.5. The van der Waals surface area contributed by atoms with E-state index in [0.717, 1.165) is 0 Å². The quantitative estimate of drug-likeness (QED) is 0.393. The molecule has 3 fully saturated rings. The van der Waals surface area contributed by atoms with Crippen LogP contribution in [0, 0.1) is 0 Å². The van der Waals surface area contributed by atoms with Crippen molar-refractivity contribution in [3.63, 3.8) is 0 Å². The van der Waals surface area contributed by atoms with Gasteiger partial charge in [0.05, 0.1) is 31.0 Å². The van der Waals surface area contributed by atoms with Gasteiger partial charge in [0.15, 0.2) is 0 Å². The lowest BCUT2D eigenvalue weighted by atomic mass is 9.68. The molecule has 0 spiro atoms. The lowest BCUT2D eigenvalue weighted by Gasteiger charge is -2.41. The van der Waals surface area contributed by atoms with Crippen LogP contribution < -0.4 is 14.7 Å². The molecule has 10 nitrogen and oxygen atoms in total. The number of hydrogen-bond donors (Lipinski definition) is 5. The first-order valence-electron chi connectivity index (χ1n) is 9.80. The second-order valence-electron chi connectivity index (χ2n) is 8.38. The second-order valence-corrected chi connectivity index (χ2v) is 8.38. The van der Waals surface area contributed by atoms with E-state index >= 15 is 0 Å². The molecule has 0 bridgehead atoms. The van der Waals surface area contributed by atoms with Gasteiger partial charge in [-0.1, -0.05) is 18.3 Å². The molecule has 0 unspecified atom stereocenters. The predicted octanol–water partition coefficient (Wildman–Crippen LogP) is -1.13. The summed E-state index contributed by atoms with van der Waals surface area (Å²) in [5, 5.41) is 42.4. The number of rotatable bonds is 4. The van der Waals surface area contributed by atoms with Crippen LogP contribution in [0.3, 0.4) is 0 Å². The van der Waals surface area contributed by atoms with E-state index in [9.17, 15) is 29.9 Å². The number of carbonyl (C=O) groups is 2. The van der Waals surface area contributed by atoms with E-state index in [2.05, 4.69) is 5.32 Å². The molecule has 1 aliphatic carbocycles. The van der Waals surface area contributed by atoms with Gasteiger partial charge in [0.25, 0.3) is 0 Å². The van der Waals surface area contributed by atoms with Crippen molar-refractivity contribution in [1.29, 1.82) is 0 Å². The number of carboxylic acid groups (broad SMARTS) is 1. The number of benzene rings is 1. The Labute approximate surface area is 166 Å². The fraction of sp³-hybridized carbons (Fsp3) is 0.556. The summed E-state index contributed by atoms with van der Waals surface area (Å²) < 4.78 is 11.1. The molecule has 0 aromatic heterocycles. The molecule has 1 saturated carbocycles. The van der Waals surface area contributed by atoms with Crippen molar-refractivity contribution in [1.82, 2.24) is 10.2 Å². The number of hydrogen-bond acceptors (Lipinski definition) is 8. The first-order valence-corrected chi connectivity index (χ1v) is 9.80. The van der Waals surface area contributed by atoms with E-state index in [-0.39, 0.29) is 35.0 Å². The molecular weight excluding hydrogens is 383 g/mol. The number of fused-ring (bicyclic) bond motifs is 3. The van der Waals surface area contributed by atoms with Gasteiger partial charge >= 0.3 is 12.7 Å². The summed E-state index contributed by atoms with van der Waals surface area (Å²) in [6.45, 7) is -2.09. The molecule has 156 valence electrons. The van der Waals surface area contributed by atoms with Crippen LogP contribution in [0.5, 0.6) is 11.5 Å². The van der Waals surface area contributed by atoms with Gasteiger partial charge in [0, 0.05) is 6.54 Å². The number of carbonyl (C=O) groups excluding carboxylic acids is 1. The van der Waals surface area contributed by atoms with Crippen LogP contribution in [0.15, 0.2) is 12.1 Å². The highest BCUT2D eigenvalue weighted by molar-refractivity contribution is 6.62. The average Bonchev–Trinajstić information content (AvgIpc) is 3.32. The van der Waals surface area contributed by atoms with Crippen molar-refractivity contribution in [2.75, 3.05) is 19.6 Å². The number of aromatic carboxylic acids is 1. The van der Waals surface area contributed by atoms with E-state index in [1.165, 1.54) is 0 Å². The summed E-state index contributed by atoms with van der Waals surface area (Å²) in [6, 6.07) is 2.86. The van der Waals surface area contributed by atoms with Crippen molar-refractivity contribution in [3.8, 4) is 11.5 Å². The molecule has 3 aliphatic heterocycles. The highest BCUT2D eigenvalue weighted by Gasteiger charge is 2.55. The Morgan fingerprint density at radius 3 is 2.66 bits per heavy atom. The van der Waals surface area contributed by atoms with Crippen LogP contribution in [-0.2, 0) is 4.79 Å². The second kappa shape index (κ2) is 6.33. The lowest BCUT2D eigenvalue weighted by molar-refractivity contribution is -0.142. The molecule has 11 heteroatoms. The van der Waals surface area contributed by atoms with E-state index < -0.39 is 30.7 Å². The molecule has 5 N–H and O–H groups in total. The van der Waals surface area contributed by atoms with Crippen LogP contribution in [0.2, 0.25) is 5.82 Å². The third kappa shape index (κ3) is 3.05.